The van der Waals surface area contributed by atoms with Crippen LogP contribution in [0.4, 0.5) is 4.39 Å². The van der Waals surface area contributed by atoms with Crippen LogP contribution in [0.15, 0.2) is 16.7 Å². The van der Waals surface area contributed by atoms with Crippen LogP contribution in [0.1, 0.15) is 26.3 Å². The van der Waals surface area contributed by atoms with E-state index in [0.29, 0.717) is 0 Å². The third kappa shape index (κ3) is 3.43. The standard InChI is InChI=1S/C10H12ClFN2OS/c1-10(2,3)16(15)14-6-7-4-5-13-9(11)8(7)12/h4-6H,1-3H3/b14-6+/t16-/m1/s1. The summed E-state index contributed by atoms with van der Waals surface area (Å²) in [6.45, 7) is 5.36. The van der Waals surface area contributed by atoms with Crippen molar-refractivity contribution in [3.63, 3.8) is 0 Å². The summed E-state index contributed by atoms with van der Waals surface area (Å²) in [6, 6.07) is 1.42. The van der Waals surface area contributed by atoms with E-state index in [1.165, 1.54) is 18.5 Å². The van der Waals surface area contributed by atoms with Crippen molar-refractivity contribution < 1.29 is 8.94 Å². The summed E-state index contributed by atoms with van der Waals surface area (Å²) < 4.78 is 28.3. The molecule has 0 bridgehead atoms. The first kappa shape index (κ1) is 13.4. The Morgan fingerprint density at radius 3 is 2.75 bits per heavy atom. The number of rotatable bonds is 2. The summed E-state index contributed by atoms with van der Waals surface area (Å²) in [5.41, 5.74) is 0.178. The first-order valence-electron chi connectivity index (χ1n) is 4.58. The minimum Gasteiger partial charge on any atom is -0.591 e. The average Bonchev–Trinajstić information content (AvgIpc) is 2.18. The van der Waals surface area contributed by atoms with Crippen molar-refractivity contribution in [1.82, 2.24) is 4.98 Å². The van der Waals surface area contributed by atoms with E-state index >= 15 is 0 Å². The minimum absolute atomic E-state index is 0.178. The molecule has 0 aliphatic carbocycles. The van der Waals surface area contributed by atoms with Gasteiger partial charge in [0.25, 0.3) is 0 Å². The number of halogens is 2. The lowest BCUT2D eigenvalue weighted by Crippen LogP contribution is -2.25. The number of nitrogens with zero attached hydrogens (tertiary/aromatic N) is 2. The fraction of sp³-hybridized carbons (Fsp3) is 0.400. The third-order valence-corrected chi connectivity index (χ3v) is 3.30. The predicted molar refractivity (Wildman–Crippen MR) is 64.7 cm³/mol. The predicted octanol–water partition coefficient (Wildman–Crippen LogP) is 2.76. The van der Waals surface area contributed by atoms with Crippen molar-refractivity contribution in [2.24, 2.45) is 4.40 Å². The van der Waals surface area contributed by atoms with Crippen molar-refractivity contribution in [3.8, 4) is 0 Å². The molecule has 88 valence electrons. The molecule has 0 unspecified atom stereocenters. The Labute approximate surface area is 102 Å². The second-order valence-corrected chi connectivity index (χ2v) is 6.39. The Bertz CT molecular complexity index is 406. The molecule has 0 fully saturated rings. The Kier molecular flexibility index (Phi) is 4.29. The second kappa shape index (κ2) is 5.12. The normalized spacial score (nSPS) is 14.4. The van der Waals surface area contributed by atoms with Crippen LogP contribution in [-0.2, 0) is 11.4 Å². The van der Waals surface area contributed by atoms with Crippen LogP contribution in [0.5, 0.6) is 0 Å². The van der Waals surface area contributed by atoms with Crippen molar-refractivity contribution in [3.05, 3.63) is 28.8 Å². The van der Waals surface area contributed by atoms with Gasteiger partial charge in [-0.05, 0) is 26.8 Å². The van der Waals surface area contributed by atoms with E-state index in [1.54, 1.807) is 20.8 Å². The monoisotopic (exact) mass is 262 g/mol. The van der Waals surface area contributed by atoms with Crippen LogP contribution >= 0.6 is 11.6 Å². The van der Waals surface area contributed by atoms with Gasteiger partial charge >= 0.3 is 0 Å². The summed E-state index contributed by atoms with van der Waals surface area (Å²) in [5.74, 6) is -0.654. The van der Waals surface area contributed by atoms with Gasteiger partial charge in [-0.15, -0.1) is 0 Å². The molecule has 0 N–H and O–H groups in total. The highest BCUT2D eigenvalue weighted by molar-refractivity contribution is 7.91. The SMILES string of the molecule is CC(C)(C)[S@@+]([O-])/N=C/c1ccnc(Cl)c1F. The van der Waals surface area contributed by atoms with E-state index in [1.807, 2.05) is 0 Å². The summed E-state index contributed by atoms with van der Waals surface area (Å²) in [5, 5.41) is -0.217. The van der Waals surface area contributed by atoms with Crippen LogP contribution in [-0.4, -0.2) is 20.5 Å². The molecule has 3 nitrogen and oxygen atoms in total. The fourth-order valence-electron chi connectivity index (χ4n) is 0.794. The topological polar surface area (TPSA) is 48.3 Å². The highest BCUT2D eigenvalue weighted by Crippen LogP contribution is 2.18. The van der Waals surface area contributed by atoms with Crippen molar-refractivity contribution in [2.45, 2.75) is 25.5 Å². The molecule has 0 aromatic carbocycles. The first-order chi connectivity index (χ1) is 7.32. The van der Waals surface area contributed by atoms with E-state index in [4.69, 9.17) is 11.6 Å². The van der Waals surface area contributed by atoms with Crippen LogP contribution in [0.3, 0.4) is 0 Å². The molecule has 1 atom stereocenters. The van der Waals surface area contributed by atoms with Gasteiger partial charge in [-0.3, -0.25) is 0 Å². The first-order valence-corrected chi connectivity index (χ1v) is 6.07. The molecule has 0 aliphatic rings. The molecule has 1 aromatic heterocycles. The molecule has 6 heteroatoms. The second-order valence-electron chi connectivity index (χ2n) is 4.10. The van der Waals surface area contributed by atoms with E-state index in [0.717, 1.165) is 0 Å². The molecule has 0 radical (unpaired) electrons. The highest BCUT2D eigenvalue weighted by atomic mass is 35.5. The zero-order chi connectivity index (χ0) is 12.3. The summed E-state index contributed by atoms with van der Waals surface area (Å²) in [4.78, 5) is 3.57. The summed E-state index contributed by atoms with van der Waals surface area (Å²) >= 11 is 4.08. The van der Waals surface area contributed by atoms with Gasteiger partial charge in [0.2, 0.25) is 0 Å². The van der Waals surface area contributed by atoms with Crippen LogP contribution < -0.4 is 0 Å². The van der Waals surface area contributed by atoms with Gasteiger partial charge in [-0.25, -0.2) is 9.37 Å². The maximum atomic E-state index is 13.4. The van der Waals surface area contributed by atoms with Crippen LogP contribution in [0, 0.1) is 5.82 Å². The maximum Gasteiger partial charge on any atom is 0.169 e. The number of aromatic nitrogens is 1. The molecule has 0 amide bonds. The summed E-state index contributed by atoms with van der Waals surface area (Å²) in [6.07, 6.45) is 2.58. The third-order valence-electron chi connectivity index (χ3n) is 1.69. The van der Waals surface area contributed by atoms with E-state index < -0.39 is 21.9 Å². The van der Waals surface area contributed by atoms with Gasteiger partial charge < -0.3 is 4.55 Å². The van der Waals surface area contributed by atoms with Crippen LogP contribution in [0.25, 0.3) is 0 Å². The largest absolute Gasteiger partial charge is 0.591 e. The van der Waals surface area contributed by atoms with Gasteiger partial charge in [0, 0.05) is 11.8 Å². The van der Waals surface area contributed by atoms with E-state index in [-0.39, 0.29) is 10.7 Å². The summed E-state index contributed by atoms with van der Waals surface area (Å²) in [7, 11) is 0. The van der Waals surface area contributed by atoms with Gasteiger partial charge in [0.1, 0.15) is 16.1 Å². The molecule has 0 saturated heterocycles. The molecule has 1 heterocycles. The average molecular weight is 263 g/mol. The van der Waals surface area contributed by atoms with E-state index in [9.17, 15) is 8.94 Å². The van der Waals surface area contributed by atoms with Gasteiger partial charge in [0.15, 0.2) is 11.0 Å². The van der Waals surface area contributed by atoms with Gasteiger partial charge in [0.05, 0.1) is 6.21 Å². The number of hydrogen-bond donors (Lipinski definition) is 0. The maximum absolute atomic E-state index is 13.4. The Morgan fingerprint density at radius 1 is 1.56 bits per heavy atom. The van der Waals surface area contributed by atoms with E-state index in [2.05, 4.69) is 9.38 Å². The Balaban J connectivity index is 2.89. The zero-order valence-electron chi connectivity index (χ0n) is 9.20. The molecule has 0 spiro atoms. The van der Waals surface area contributed by atoms with Crippen molar-refractivity contribution in [2.75, 3.05) is 0 Å². The molecule has 16 heavy (non-hydrogen) atoms. The van der Waals surface area contributed by atoms with Crippen molar-refractivity contribution in [1.29, 1.82) is 0 Å². The van der Waals surface area contributed by atoms with Crippen LogP contribution in [0.2, 0.25) is 5.15 Å². The quantitative estimate of drug-likeness (QED) is 0.467. The van der Waals surface area contributed by atoms with Crippen molar-refractivity contribution >= 4 is 29.2 Å². The Hall–Kier alpha value is -0.650. The molecule has 0 aliphatic heterocycles. The smallest absolute Gasteiger partial charge is 0.169 e. The number of pyridine rings is 1. The lowest BCUT2D eigenvalue weighted by molar-refractivity contribution is 0.561. The lowest BCUT2D eigenvalue weighted by atomic mass is 10.3. The van der Waals surface area contributed by atoms with Gasteiger partial charge in [-0.1, -0.05) is 16.0 Å². The Morgan fingerprint density at radius 2 is 2.19 bits per heavy atom. The molecule has 1 aromatic rings. The molecule has 0 saturated carbocycles. The van der Waals surface area contributed by atoms with Gasteiger partial charge in [-0.2, -0.15) is 0 Å². The zero-order valence-corrected chi connectivity index (χ0v) is 10.8. The molecular weight excluding hydrogens is 251 g/mol. The highest BCUT2D eigenvalue weighted by Gasteiger charge is 2.25. The molecular formula is C10H12ClFN2OS. The minimum atomic E-state index is -1.41. The molecule has 1 rings (SSSR count). The fourth-order valence-corrected chi connectivity index (χ4v) is 1.49. The number of hydrogen-bond acceptors (Lipinski definition) is 3. The lowest BCUT2D eigenvalue weighted by Gasteiger charge is -2.17.